The van der Waals surface area contributed by atoms with Gasteiger partial charge in [0.05, 0.1) is 6.61 Å². The van der Waals surface area contributed by atoms with Crippen LogP contribution in [-0.2, 0) is 14.3 Å². The minimum Gasteiger partial charge on any atom is -0.465 e. The molecule has 1 saturated carbocycles. The van der Waals surface area contributed by atoms with E-state index < -0.39 is 0 Å². The lowest BCUT2D eigenvalue weighted by Crippen LogP contribution is -2.38. The highest BCUT2D eigenvalue weighted by atomic mass is 16.5. The summed E-state index contributed by atoms with van der Waals surface area (Å²) < 4.78 is 6.98. The van der Waals surface area contributed by atoms with Crippen LogP contribution in [0.1, 0.15) is 39.2 Å². The Morgan fingerprint density at radius 1 is 1.33 bits per heavy atom. The average Bonchev–Trinajstić information content (AvgIpc) is 3.08. The van der Waals surface area contributed by atoms with Gasteiger partial charge in [0.15, 0.2) is 0 Å². The zero-order chi connectivity index (χ0) is 15.2. The summed E-state index contributed by atoms with van der Waals surface area (Å²) in [6.45, 7) is 4.89. The lowest BCUT2D eigenvalue weighted by Gasteiger charge is -2.24. The third kappa shape index (κ3) is 4.92. The van der Waals surface area contributed by atoms with Crippen molar-refractivity contribution in [3.05, 3.63) is 24.5 Å². The van der Waals surface area contributed by atoms with E-state index >= 15 is 0 Å². The fourth-order valence-corrected chi connectivity index (χ4v) is 2.36. The van der Waals surface area contributed by atoms with Gasteiger partial charge < -0.3 is 14.2 Å². The Kier molecular flexibility index (Phi) is 5.42. The van der Waals surface area contributed by atoms with Gasteiger partial charge in [-0.1, -0.05) is 0 Å². The average molecular weight is 292 g/mol. The molecule has 1 fully saturated rings. The van der Waals surface area contributed by atoms with Crippen molar-refractivity contribution in [2.75, 3.05) is 19.7 Å². The van der Waals surface area contributed by atoms with Gasteiger partial charge in [0.2, 0.25) is 5.91 Å². The molecule has 1 aromatic heterocycles. The first-order valence-electron chi connectivity index (χ1n) is 7.66. The van der Waals surface area contributed by atoms with Gasteiger partial charge in [-0.05, 0) is 44.7 Å². The summed E-state index contributed by atoms with van der Waals surface area (Å²) in [5.74, 6) is 0.265. The van der Waals surface area contributed by atoms with Crippen molar-refractivity contribution in [3.8, 4) is 0 Å². The Bertz CT molecular complexity index is 466. The maximum absolute atomic E-state index is 12.5. The molecule has 0 spiro atoms. The van der Waals surface area contributed by atoms with E-state index in [-0.39, 0.29) is 24.5 Å². The third-order valence-electron chi connectivity index (χ3n) is 3.76. The zero-order valence-electron chi connectivity index (χ0n) is 12.8. The minimum absolute atomic E-state index is 0.0242. The second-order valence-corrected chi connectivity index (χ2v) is 5.71. The number of hydrogen-bond donors (Lipinski definition) is 0. The molecule has 2 rings (SSSR count). The molecule has 0 aliphatic heterocycles. The smallest absolute Gasteiger partial charge is 0.325 e. The maximum atomic E-state index is 12.5. The third-order valence-corrected chi connectivity index (χ3v) is 3.76. The van der Waals surface area contributed by atoms with Crippen molar-refractivity contribution in [3.63, 3.8) is 0 Å². The first-order chi connectivity index (χ1) is 10.1. The van der Waals surface area contributed by atoms with Gasteiger partial charge >= 0.3 is 5.97 Å². The summed E-state index contributed by atoms with van der Waals surface area (Å²) in [5.41, 5.74) is 0. The predicted octanol–water partition coefficient (Wildman–Crippen LogP) is 2.24. The number of rotatable bonds is 8. The summed E-state index contributed by atoms with van der Waals surface area (Å²) >= 11 is 0. The highest BCUT2D eigenvalue weighted by Gasteiger charge is 2.28. The summed E-state index contributed by atoms with van der Waals surface area (Å²) in [5, 5.41) is 0. The molecule has 21 heavy (non-hydrogen) atoms. The molecule has 0 bridgehead atoms. The highest BCUT2D eigenvalue weighted by molar-refractivity contribution is 5.82. The summed E-state index contributed by atoms with van der Waals surface area (Å²) in [6.07, 6.45) is 6.61. The van der Waals surface area contributed by atoms with Crippen LogP contribution in [0.15, 0.2) is 24.5 Å². The predicted molar refractivity (Wildman–Crippen MR) is 79.7 cm³/mol. The molecular weight excluding hydrogens is 268 g/mol. The van der Waals surface area contributed by atoms with Crippen LogP contribution in [0, 0.1) is 5.92 Å². The number of ether oxygens (including phenoxy) is 1. The van der Waals surface area contributed by atoms with Gasteiger partial charge in [-0.15, -0.1) is 0 Å². The van der Waals surface area contributed by atoms with Gasteiger partial charge in [-0.2, -0.15) is 0 Å². The molecule has 5 nitrogen and oxygen atoms in total. The zero-order valence-corrected chi connectivity index (χ0v) is 12.8. The van der Waals surface area contributed by atoms with Crippen molar-refractivity contribution >= 4 is 11.9 Å². The van der Waals surface area contributed by atoms with Crippen LogP contribution >= 0.6 is 0 Å². The van der Waals surface area contributed by atoms with E-state index in [1.165, 1.54) is 0 Å². The molecule has 0 N–H and O–H groups in total. The first kappa shape index (κ1) is 15.6. The second-order valence-electron chi connectivity index (χ2n) is 5.71. The molecule has 0 aromatic carbocycles. The Hall–Kier alpha value is -1.78. The SMILES string of the molecule is CCOC(=O)CN(CC1CC1)C(=O)CC(C)n1cccc1. The van der Waals surface area contributed by atoms with Gasteiger partial charge in [0, 0.05) is 31.4 Å². The van der Waals surface area contributed by atoms with Gasteiger partial charge in [0.25, 0.3) is 0 Å². The van der Waals surface area contributed by atoms with E-state index in [2.05, 4.69) is 0 Å². The van der Waals surface area contributed by atoms with E-state index in [0.29, 0.717) is 25.5 Å². The quantitative estimate of drug-likeness (QED) is 0.690. The van der Waals surface area contributed by atoms with E-state index in [1.54, 1.807) is 11.8 Å². The molecule has 1 atom stereocenters. The number of amides is 1. The fraction of sp³-hybridized carbons (Fsp3) is 0.625. The molecule has 0 radical (unpaired) electrons. The van der Waals surface area contributed by atoms with Crippen LogP contribution in [0.4, 0.5) is 0 Å². The fourth-order valence-electron chi connectivity index (χ4n) is 2.36. The minimum atomic E-state index is -0.319. The van der Waals surface area contributed by atoms with Crippen LogP contribution in [0.3, 0.4) is 0 Å². The van der Waals surface area contributed by atoms with Gasteiger partial charge in [-0.3, -0.25) is 9.59 Å². The monoisotopic (exact) mass is 292 g/mol. The normalized spacial score (nSPS) is 15.5. The van der Waals surface area contributed by atoms with E-state index in [9.17, 15) is 9.59 Å². The second kappa shape index (κ2) is 7.29. The molecule has 116 valence electrons. The number of aromatic nitrogens is 1. The van der Waals surface area contributed by atoms with Crippen LogP contribution in [0.2, 0.25) is 0 Å². The molecule has 0 saturated heterocycles. The van der Waals surface area contributed by atoms with Crippen LogP contribution < -0.4 is 0 Å². The standard InChI is InChI=1S/C16H24N2O3/c1-3-21-16(20)12-18(11-14-6-7-14)15(19)10-13(2)17-8-4-5-9-17/h4-5,8-9,13-14H,3,6-7,10-12H2,1-2H3. The molecular formula is C16H24N2O3. The van der Waals surface area contributed by atoms with Crippen molar-refractivity contribution in [1.29, 1.82) is 0 Å². The maximum Gasteiger partial charge on any atom is 0.325 e. The number of nitrogens with zero attached hydrogens (tertiary/aromatic N) is 2. The summed E-state index contributed by atoms with van der Waals surface area (Å²) in [7, 11) is 0. The largest absolute Gasteiger partial charge is 0.465 e. The Labute approximate surface area is 125 Å². The summed E-state index contributed by atoms with van der Waals surface area (Å²) in [6, 6.07) is 3.99. The molecule has 1 aliphatic rings. The summed E-state index contributed by atoms with van der Waals surface area (Å²) in [4.78, 5) is 25.8. The molecule has 1 aliphatic carbocycles. The van der Waals surface area contributed by atoms with Crippen molar-refractivity contribution in [2.45, 2.75) is 39.2 Å². The molecule has 1 amide bonds. The van der Waals surface area contributed by atoms with Crippen molar-refractivity contribution < 1.29 is 14.3 Å². The van der Waals surface area contributed by atoms with Crippen molar-refractivity contribution in [2.24, 2.45) is 5.92 Å². The Morgan fingerprint density at radius 3 is 2.57 bits per heavy atom. The first-order valence-corrected chi connectivity index (χ1v) is 7.66. The molecule has 5 heteroatoms. The lowest BCUT2D eigenvalue weighted by molar-refractivity contribution is -0.149. The number of carbonyl (C=O) groups is 2. The molecule has 1 aromatic rings. The van der Waals surface area contributed by atoms with Gasteiger partial charge in [0.1, 0.15) is 6.54 Å². The number of esters is 1. The van der Waals surface area contributed by atoms with Crippen LogP contribution in [-0.4, -0.2) is 41.0 Å². The van der Waals surface area contributed by atoms with E-state index in [0.717, 1.165) is 12.8 Å². The lowest BCUT2D eigenvalue weighted by atomic mass is 10.2. The van der Waals surface area contributed by atoms with Crippen molar-refractivity contribution in [1.82, 2.24) is 9.47 Å². The van der Waals surface area contributed by atoms with E-state index in [4.69, 9.17) is 4.74 Å². The van der Waals surface area contributed by atoms with Crippen LogP contribution in [0.25, 0.3) is 0 Å². The van der Waals surface area contributed by atoms with E-state index in [1.807, 2.05) is 36.0 Å². The molecule has 1 unspecified atom stereocenters. The number of carbonyl (C=O) groups excluding carboxylic acids is 2. The van der Waals surface area contributed by atoms with Crippen LogP contribution in [0.5, 0.6) is 0 Å². The topological polar surface area (TPSA) is 51.5 Å². The Morgan fingerprint density at radius 2 is 2.00 bits per heavy atom. The Balaban J connectivity index is 1.91. The van der Waals surface area contributed by atoms with Gasteiger partial charge in [-0.25, -0.2) is 0 Å². The highest BCUT2D eigenvalue weighted by Crippen LogP contribution is 2.30. The molecule has 1 heterocycles. The number of hydrogen-bond acceptors (Lipinski definition) is 3.